The third-order valence-corrected chi connectivity index (χ3v) is 2.78. The van der Waals surface area contributed by atoms with Gasteiger partial charge in [0, 0.05) is 25.1 Å². The topological polar surface area (TPSA) is 49.8 Å². The largest absolute Gasteiger partial charge is 0.373 e. The third kappa shape index (κ3) is 5.45. The van der Waals surface area contributed by atoms with Crippen LogP contribution in [0.4, 0.5) is 11.6 Å². The van der Waals surface area contributed by atoms with Crippen molar-refractivity contribution in [1.82, 2.24) is 9.97 Å². The molecule has 1 rings (SSSR count). The second kappa shape index (κ2) is 5.76. The predicted octanol–water partition coefficient (Wildman–Crippen LogP) is 3.71. The molecule has 0 saturated carbocycles. The first-order valence-corrected chi connectivity index (χ1v) is 6.99. The summed E-state index contributed by atoms with van der Waals surface area (Å²) in [6.07, 6.45) is 1.91. The Labute approximate surface area is 117 Å². The first-order valence-electron chi connectivity index (χ1n) is 6.99. The number of nitrogens with one attached hydrogen (secondary N) is 2. The average molecular weight is 264 g/mol. The van der Waals surface area contributed by atoms with Crippen molar-refractivity contribution in [1.29, 1.82) is 0 Å². The minimum atomic E-state index is 0.00261. The van der Waals surface area contributed by atoms with E-state index >= 15 is 0 Å². The Balaban J connectivity index is 2.91. The van der Waals surface area contributed by atoms with Crippen LogP contribution in [0.3, 0.4) is 0 Å². The first kappa shape index (κ1) is 15.7. The fourth-order valence-corrected chi connectivity index (χ4v) is 2.56. The van der Waals surface area contributed by atoms with Crippen LogP contribution in [0.15, 0.2) is 6.07 Å². The monoisotopic (exact) mass is 264 g/mol. The highest BCUT2D eigenvalue weighted by molar-refractivity contribution is 5.48. The molecular weight excluding hydrogens is 236 g/mol. The van der Waals surface area contributed by atoms with E-state index in [4.69, 9.17) is 0 Å². The molecule has 19 heavy (non-hydrogen) atoms. The van der Waals surface area contributed by atoms with Crippen LogP contribution in [0.5, 0.6) is 0 Å². The van der Waals surface area contributed by atoms with Crippen molar-refractivity contribution in [2.45, 2.75) is 59.9 Å². The molecule has 108 valence electrons. The van der Waals surface area contributed by atoms with Gasteiger partial charge in [-0.1, -0.05) is 27.7 Å². The molecule has 1 heterocycles. The number of anilines is 2. The maximum absolute atomic E-state index is 4.55. The number of aryl methyl sites for hydroxylation is 1. The molecular formula is C15H28N4. The van der Waals surface area contributed by atoms with Crippen LogP contribution in [0.2, 0.25) is 0 Å². The van der Waals surface area contributed by atoms with Crippen LogP contribution in [0.1, 0.15) is 53.8 Å². The van der Waals surface area contributed by atoms with Gasteiger partial charge in [0.1, 0.15) is 17.5 Å². The fourth-order valence-electron chi connectivity index (χ4n) is 2.56. The summed E-state index contributed by atoms with van der Waals surface area (Å²) in [5, 5.41) is 6.62. The zero-order valence-electron chi connectivity index (χ0n) is 13.4. The molecule has 0 aromatic carbocycles. The molecule has 2 N–H and O–H groups in total. The van der Waals surface area contributed by atoms with Gasteiger partial charge in [-0.3, -0.25) is 0 Å². The molecule has 0 spiro atoms. The van der Waals surface area contributed by atoms with Gasteiger partial charge >= 0.3 is 0 Å². The Kier molecular flexibility index (Phi) is 4.77. The Morgan fingerprint density at radius 1 is 1.05 bits per heavy atom. The molecule has 0 aliphatic carbocycles. The van der Waals surface area contributed by atoms with Crippen molar-refractivity contribution in [3.8, 4) is 0 Å². The highest BCUT2D eigenvalue weighted by Crippen LogP contribution is 2.29. The molecule has 1 aromatic rings. The maximum Gasteiger partial charge on any atom is 0.132 e. The molecule has 0 fully saturated rings. The molecule has 0 amide bonds. The van der Waals surface area contributed by atoms with Gasteiger partial charge in [0.25, 0.3) is 0 Å². The number of rotatable bonds is 5. The average Bonchev–Trinajstić information content (AvgIpc) is 2.24. The van der Waals surface area contributed by atoms with Crippen molar-refractivity contribution >= 4 is 11.6 Å². The van der Waals surface area contributed by atoms with Crippen LogP contribution in [0.25, 0.3) is 0 Å². The van der Waals surface area contributed by atoms with Gasteiger partial charge in [-0.15, -0.1) is 0 Å². The molecule has 0 aliphatic rings. The number of aromatic nitrogens is 2. The molecule has 0 saturated heterocycles. The smallest absolute Gasteiger partial charge is 0.132 e. The molecule has 0 unspecified atom stereocenters. The lowest BCUT2D eigenvalue weighted by molar-refractivity contribution is 0.302. The van der Waals surface area contributed by atoms with Crippen LogP contribution >= 0.6 is 0 Å². The van der Waals surface area contributed by atoms with Crippen LogP contribution < -0.4 is 10.6 Å². The van der Waals surface area contributed by atoms with Gasteiger partial charge in [0.2, 0.25) is 0 Å². The second-order valence-corrected chi connectivity index (χ2v) is 6.90. The summed E-state index contributed by atoms with van der Waals surface area (Å²) in [4.78, 5) is 8.97. The third-order valence-electron chi connectivity index (χ3n) is 2.78. The minimum absolute atomic E-state index is 0.00261. The van der Waals surface area contributed by atoms with Gasteiger partial charge in [0.15, 0.2) is 0 Å². The summed E-state index contributed by atoms with van der Waals surface area (Å²) in [5.41, 5.74) is 0.283. The van der Waals surface area contributed by atoms with E-state index in [0.717, 1.165) is 30.3 Å². The van der Waals surface area contributed by atoms with Gasteiger partial charge < -0.3 is 10.6 Å². The van der Waals surface area contributed by atoms with Crippen LogP contribution in [0, 0.1) is 5.41 Å². The molecule has 0 bridgehead atoms. The Hall–Kier alpha value is -1.32. The SMILES string of the molecule is CCc1nc(NC)cc(NC(C)(C)CC(C)(C)C)n1. The fraction of sp³-hybridized carbons (Fsp3) is 0.733. The lowest BCUT2D eigenvalue weighted by Crippen LogP contribution is -2.35. The van der Waals surface area contributed by atoms with E-state index in [2.05, 4.69) is 62.1 Å². The summed E-state index contributed by atoms with van der Waals surface area (Å²) in [5.74, 6) is 2.62. The number of nitrogens with zero attached hydrogens (tertiary/aromatic N) is 2. The zero-order valence-corrected chi connectivity index (χ0v) is 13.4. The highest BCUT2D eigenvalue weighted by Gasteiger charge is 2.25. The first-order chi connectivity index (χ1) is 8.65. The maximum atomic E-state index is 4.55. The molecule has 0 radical (unpaired) electrons. The van der Waals surface area contributed by atoms with Crippen molar-refractivity contribution < 1.29 is 0 Å². The van der Waals surface area contributed by atoms with E-state index in [1.807, 2.05) is 13.1 Å². The molecule has 4 heteroatoms. The summed E-state index contributed by atoms with van der Waals surface area (Å²) in [7, 11) is 1.88. The number of hydrogen-bond acceptors (Lipinski definition) is 4. The van der Waals surface area contributed by atoms with E-state index in [1.54, 1.807) is 0 Å². The zero-order chi connectivity index (χ0) is 14.7. The summed E-state index contributed by atoms with van der Waals surface area (Å²) < 4.78 is 0. The summed E-state index contributed by atoms with van der Waals surface area (Å²) >= 11 is 0. The molecule has 0 atom stereocenters. The minimum Gasteiger partial charge on any atom is -0.373 e. The van der Waals surface area contributed by atoms with E-state index in [0.29, 0.717) is 0 Å². The number of hydrogen-bond donors (Lipinski definition) is 2. The van der Waals surface area contributed by atoms with Gasteiger partial charge in [-0.2, -0.15) is 0 Å². The van der Waals surface area contributed by atoms with E-state index in [-0.39, 0.29) is 11.0 Å². The van der Waals surface area contributed by atoms with Crippen LogP contribution in [-0.4, -0.2) is 22.6 Å². The van der Waals surface area contributed by atoms with Crippen molar-refractivity contribution in [2.24, 2.45) is 5.41 Å². The van der Waals surface area contributed by atoms with E-state index < -0.39 is 0 Å². The van der Waals surface area contributed by atoms with E-state index in [9.17, 15) is 0 Å². The summed E-state index contributed by atoms with van der Waals surface area (Å²) in [6.45, 7) is 13.3. The molecule has 0 aliphatic heterocycles. The Bertz CT molecular complexity index is 396. The van der Waals surface area contributed by atoms with Crippen molar-refractivity contribution in [3.63, 3.8) is 0 Å². The predicted molar refractivity (Wildman–Crippen MR) is 82.7 cm³/mol. The normalized spacial score (nSPS) is 12.4. The lowest BCUT2D eigenvalue weighted by atomic mass is 9.82. The Morgan fingerprint density at radius 2 is 1.63 bits per heavy atom. The Morgan fingerprint density at radius 3 is 2.11 bits per heavy atom. The van der Waals surface area contributed by atoms with E-state index in [1.165, 1.54) is 0 Å². The standard InChI is InChI=1S/C15H28N4/c1-8-11-17-12(16-7)9-13(18-11)19-15(5,6)10-14(2,3)4/h9H,8,10H2,1-7H3,(H2,16,17,18,19). The van der Waals surface area contributed by atoms with Gasteiger partial charge in [-0.05, 0) is 25.7 Å². The van der Waals surface area contributed by atoms with Crippen molar-refractivity contribution in [2.75, 3.05) is 17.7 Å². The second-order valence-electron chi connectivity index (χ2n) is 6.90. The van der Waals surface area contributed by atoms with Crippen LogP contribution in [-0.2, 0) is 6.42 Å². The summed E-state index contributed by atoms with van der Waals surface area (Å²) in [6, 6.07) is 1.96. The van der Waals surface area contributed by atoms with Gasteiger partial charge in [0.05, 0.1) is 0 Å². The van der Waals surface area contributed by atoms with Gasteiger partial charge in [-0.25, -0.2) is 9.97 Å². The van der Waals surface area contributed by atoms with Crippen molar-refractivity contribution in [3.05, 3.63) is 11.9 Å². The quantitative estimate of drug-likeness (QED) is 0.851. The lowest BCUT2D eigenvalue weighted by Gasteiger charge is -2.33. The molecule has 1 aromatic heterocycles. The highest BCUT2D eigenvalue weighted by atomic mass is 15.1. The molecule has 4 nitrogen and oxygen atoms in total.